The molecule has 0 aliphatic carbocycles. The van der Waals surface area contributed by atoms with E-state index in [1.54, 1.807) is 43.0 Å². The summed E-state index contributed by atoms with van der Waals surface area (Å²) in [5.41, 5.74) is 1.34. The first kappa shape index (κ1) is 16.1. The summed E-state index contributed by atoms with van der Waals surface area (Å²) in [6.45, 7) is 1.69. The molecule has 1 atom stereocenters. The summed E-state index contributed by atoms with van der Waals surface area (Å²) in [6.07, 6.45) is 2.08. The molecule has 0 aromatic heterocycles. The number of thioether (sulfide) groups is 1. The Bertz CT molecular complexity index is 655. The maximum absolute atomic E-state index is 12.2. The van der Waals surface area contributed by atoms with Crippen molar-refractivity contribution in [3.63, 3.8) is 0 Å². The lowest BCUT2D eigenvalue weighted by Crippen LogP contribution is -2.30. The maximum Gasteiger partial charge on any atom is 0.265 e. The van der Waals surface area contributed by atoms with Crippen molar-refractivity contribution >= 4 is 29.6 Å². The van der Waals surface area contributed by atoms with E-state index in [9.17, 15) is 9.59 Å². The minimum absolute atomic E-state index is 0.221. The molecule has 0 radical (unpaired) electrons. The van der Waals surface area contributed by atoms with Gasteiger partial charge in [0.2, 0.25) is 0 Å². The standard InChI is InChI=1S/C17H17NO3S/c1-12(21-14-9-7-13(11-19)8-10-14)17(20)18-15-5-3-4-6-16(15)22-2/h3-12H,1-2H3,(H,18,20). The van der Waals surface area contributed by atoms with Crippen LogP contribution >= 0.6 is 11.8 Å². The first-order valence-corrected chi connectivity index (χ1v) is 8.02. The number of benzene rings is 2. The van der Waals surface area contributed by atoms with E-state index in [2.05, 4.69) is 5.32 Å². The van der Waals surface area contributed by atoms with Gasteiger partial charge in [0.25, 0.3) is 5.91 Å². The van der Waals surface area contributed by atoms with Crippen LogP contribution < -0.4 is 10.1 Å². The van der Waals surface area contributed by atoms with Crippen molar-refractivity contribution in [1.82, 2.24) is 0 Å². The Morgan fingerprint density at radius 2 is 1.86 bits per heavy atom. The van der Waals surface area contributed by atoms with Gasteiger partial charge in [-0.1, -0.05) is 12.1 Å². The second kappa shape index (κ2) is 7.66. The van der Waals surface area contributed by atoms with Crippen LogP contribution in [0.3, 0.4) is 0 Å². The fraction of sp³-hybridized carbons (Fsp3) is 0.176. The molecule has 0 fully saturated rings. The molecule has 2 aromatic rings. The second-order valence-corrected chi connectivity index (χ2v) is 5.48. The normalized spacial score (nSPS) is 11.5. The Labute approximate surface area is 133 Å². The highest BCUT2D eigenvalue weighted by molar-refractivity contribution is 7.98. The second-order valence-electron chi connectivity index (χ2n) is 4.64. The third-order valence-electron chi connectivity index (χ3n) is 3.06. The summed E-state index contributed by atoms with van der Waals surface area (Å²) in [6, 6.07) is 14.2. The molecular formula is C17H17NO3S. The van der Waals surface area contributed by atoms with Gasteiger partial charge < -0.3 is 10.1 Å². The number of hydrogen-bond donors (Lipinski definition) is 1. The number of rotatable bonds is 6. The molecule has 0 aliphatic heterocycles. The van der Waals surface area contributed by atoms with Crippen molar-refractivity contribution in [2.24, 2.45) is 0 Å². The van der Waals surface area contributed by atoms with Crippen LogP contribution in [0.5, 0.6) is 5.75 Å². The molecular weight excluding hydrogens is 298 g/mol. The molecule has 0 bridgehead atoms. The molecule has 2 aromatic carbocycles. The van der Waals surface area contributed by atoms with Gasteiger partial charge in [-0.2, -0.15) is 0 Å². The van der Waals surface area contributed by atoms with E-state index < -0.39 is 6.10 Å². The molecule has 5 heteroatoms. The Hall–Kier alpha value is -2.27. The number of aldehydes is 1. The number of anilines is 1. The third-order valence-corrected chi connectivity index (χ3v) is 3.86. The number of amides is 1. The van der Waals surface area contributed by atoms with Crippen LogP contribution in [0, 0.1) is 0 Å². The zero-order valence-corrected chi connectivity index (χ0v) is 13.2. The Balaban J connectivity index is 2.00. The lowest BCUT2D eigenvalue weighted by atomic mass is 10.2. The van der Waals surface area contributed by atoms with Gasteiger partial charge in [-0.05, 0) is 49.6 Å². The summed E-state index contributed by atoms with van der Waals surface area (Å²) >= 11 is 1.57. The van der Waals surface area contributed by atoms with E-state index in [0.29, 0.717) is 11.3 Å². The summed E-state index contributed by atoms with van der Waals surface area (Å²) in [5.74, 6) is 0.326. The van der Waals surface area contributed by atoms with Crippen molar-refractivity contribution in [3.8, 4) is 5.75 Å². The summed E-state index contributed by atoms with van der Waals surface area (Å²) in [7, 11) is 0. The first-order chi connectivity index (χ1) is 10.6. The molecule has 0 saturated carbocycles. The van der Waals surface area contributed by atoms with E-state index in [4.69, 9.17) is 4.74 Å². The predicted octanol–water partition coefficient (Wildman–Crippen LogP) is 3.63. The number of ether oxygens (including phenoxy) is 1. The highest BCUT2D eigenvalue weighted by Crippen LogP contribution is 2.25. The van der Waals surface area contributed by atoms with Crippen LogP contribution in [0.25, 0.3) is 0 Å². The van der Waals surface area contributed by atoms with Gasteiger partial charge in [0, 0.05) is 10.5 Å². The van der Waals surface area contributed by atoms with Crippen LogP contribution in [-0.4, -0.2) is 24.6 Å². The fourth-order valence-electron chi connectivity index (χ4n) is 1.86. The van der Waals surface area contributed by atoms with Gasteiger partial charge in [0.15, 0.2) is 6.10 Å². The van der Waals surface area contributed by atoms with Gasteiger partial charge in [0.1, 0.15) is 12.0 Å². The lowest BCUT2D eigenvalue weighted by Gasteiger charge is -2.16. The predicted molar refractivity (Wildman–Crippen MR) is 88.8 cm³/mol. The highest BCUT2D eigenvalue weighted by atomic mass is 32.2. The summed E-state index contributed by atoms with van der Waals surface area (Å²) in [5, 5.41) is 2.86. The van der Waals surface area contributed by atoms with Gasteiger partial charge in [-0.25, -0.2) is 0 Å². The van der Waals surface area contributed by atoms with Crippen molar-refractivity contribution in [1.29, 1.82) is 0 Å². The first-order valence-electron chi connectivity index (χ1n) is 6.80. The number of para-hydroxylation sites is 1. The van der Waals surface area contributed by atoms with Gasteiger partial charge in [-0.3, -0.25) is 9.59 Å². The molecule has 0 saturated heterocycles. The SMILES string of the molecule is CSc1ccccc1NC(=O)C(C)Oc1ccc(C=O)cc1. The smallest absolute Gasteiger partial charge is 0.265 e. The van der Waals surface area contributed by atoms with E-state index in [-0.39, 0.29) is 5.91 Å². The Morgan fingerprint density at radius 3 is 2.50 bits per heavy atom. The van der Waals surface area contributed by atoms with Gasteiger partial charge >= 0.3 is 0 Å². The highest BCUT2D eigenvalue weighted by Gasteiger charge is 2.16. The molecule has 4 nitrogen and oxygen atoms in total. The summed E-state index contributed by atoms with van der Waals surface area (Å²) < 4.78 is 5.59. The van der Waals surface area contributed by atoms with E-state index in [1.807, 2.05) is 30.5 Å². The minimum atomic E-state index is -0.642. The van der Waals surface area contributed by atoms with Crippen LogP contribution in [-0.2, 0) is 4.79 Å². The van der Waals surface area contributed by atoms with Crippen LogP contribution in [0.15, 0.2) is 53.4 Å². The average molecular weight is 315 g/mol. The van der Waals surface area contributed by atoms with Crippen molar-refractivity contribution in [2.45, 2.75) is 17.9 Å². The van der Waals surface area contributed by atoms with Crippen molar-refractivity contribution in [3.05, 3.63) is 54.1 Å². The third kappa shape index (κ3) is 4.11. The number of nitrogens with one attached hydrogen (secondary N) is 1. The Kier molecular flexibility index (Phi) is 5.61. The molecule has 0 aliphatic rings. The van der Waals surface area contributed by atoms with Gasteiger partial charge in [-0.15, -0.1) is 11.8 Å². The molecule has 22 heavy (non-hydrogen) atoms. The number of carbonyl (C=O) groups is 2. The molecule has 1 amide bonds. The van der Waals surface area contributed by atoms with Gasteiger partial charge in [0.05, 0.1) is 5.69 Å². The largest absolute Gasteiger partial charge is 0.481 e. The lowest BCUT2D eigenvalue weighted by molar-refractivity contribution is -0.122. The average Bonchev–Trinajstić information content (AvgIpc) is 2.56. The topological polar surface area (TPSA) is 55.4 Å². The molecule has 0 spiro atoms. The molecule has 1 unspecified atom stereocenters. The van der Waals surface area contributed by atoms with E-state index >= 15 is 0 Å². The Morgan fingerprint density at radius 1 is 1.18 bits per heavy atom. The van der Waals surface area contributed by atoms with E-state index in [1.165, 1.54) is 0 Å². The van der Waals surface area contributed by atoms with Crippen LogP contribution in [0.4, 0.5) is 5.69 Å². The van der Waals surface area contributed by atoms with Crippen LogP contribution in [0.2, 0.25) is 0 Å². The van der Waals surface area contributed by atoms with Crippen LogP contribution in [0.1, 0.15) is 17.3 Å². The monoisotopic (exact) mass is 315 g/mol. The number of hydrogen-bond acceptors (Lipinski definition) is 4. The zero-order chi connectivity index (χ0) is 15.9. The number of carbonyl (C=O) groups excluding carboxylic acids is 2. The maximum atomic E-state index is 12.2. The van der Waals surface area contributed by atoms with Crippen molar-refractivity contribution < 1.29 is 14.3 Å². The minimum Gasteiger partial charge on any atom is -0.481 e. The quantitative estimate of drug-likeness (QED) is 0.653. The molecule has 114 valence electrons. The summed E-state index contributed by atoms with van der Waals surface area (Å²) in [4.78, 5) is 23.8. The zero-order valence-electron chi connectivity index (χ0n) is 12.4. The fourth-order valence-corrected chi connectivity index (χ4v) is 2.42. The van der Waals surface area contributed by atoms with E-state index in [0.717, 1.165) is 16.9 Å². The molecule has 1 N–H and O–H groups in total. The van der Waals surface area contributed by atoms with Crippen molar-refractivity contribution in [2.75, 3.05) is 11.6 Å². The molecule has 0 heterocycles. The molecule has 2 rings (SSSR count).